The Morgan fingerprint density at radius 1 is 1.20 bits per heavy atom. The summed E-state index contributed by atoms with van der Waals surface area (Å²) >= 11 is 15.0. The van der Waals surface area contributed by atoms with Crippen LogP contribution in [0.5, 0.6) is 5.75 Å². The van der Waals surface area contributed by atoms with E-state index < -0.39 is 5.92 Å². The average molecular weight is 627 g/mol. The number of halogens is 2. The number of ketones is 2. The van der Waals surface area contributed by atoms with Crippen molar-refractivity contribution in [3.05, 3.63) is 86.3 Å². The number of anilines is 1. The molecule has 8 nitrogen and oxygen atoms in total. The Hall–Kier alpha value is -3.36. The number of ether oxygens (including phenoxy) is 1. The summed E-state index contributed by atoms with van der Waals surface area (Å²) in [6, 6.07) is 14.2. The van der Waals surface area contributed by atoms with E-state index in [9.17, 15) is 14.9 Å². The van der Waals surface area contributed by atoms with Crippen LogP contribution in [0.15, 0.2) is 69.5 Å². The molecule has 5 rings (SSSR count). The molecule has 1 unspecified atom stereocenters. The van der Waals surface area contributed by atoms with Gasteiger partial charge in [-0.1, -0.05) is 66.2 Å². The van der Waals surface area contributed by atoms with Crippen LogP contribution in [0, 0.1) is 16.7 Å². The predicted molar refractivity (Wildman–Crippen MR) is 162 cm³/mol. The topological polar surface area (TPSA) is 122 Å². The average Bonchev–Trinajstić information content (AvgIpc) is 3.40. The Balaban J connectivity index is 1.50. The number of methoxy groups -OCH3 is 1. The number of carbonyl (C=O) groups excluding carboxylic acids is 2. The summed E-state index contributed by atoms with van der Waals surface area (Å²) < 4.78 is 5.71. The van der Waals surface area contributed by atoms with Crippen LogP contribution >= 0.6 is 46.3 Å². The van der Waals surface area contributed by atoms with E-state index in [1.165, 1.54) is 23.1 Å². The van der Waals surface area contributed by atoms with E-state index in [2.05, 4.69) is 16.3 Å². The van der Waals surface area contributed by atoms with E-state index in [-0.39, 0.29) is 34.1 Å². The molecule has 1 atom stereocenters. The summed E-state index contributed by atoms with van der Waals surface area (Å²) in [5.74, 6) is 0.193. The van der Waals surface area contributed by atoms with Crippen LogP contribution in [0.3, 0.4) is 0 Å². The fourth-order valence-corrected chi connectivity index (χ4v) is 7.17. The van der Waals surface area contributed by atoms with Gasteiger partial charge in [0.1, 0.15) is 11.6 Å². The lowest BCUT2D eigenvalue weighted by Gasteiger charge is -2.42. The maximum absolute atomic E-state index is 13.7. The standard InChI is InChI=1S/C29H25Cl2N5O3S2/c1-29(2)11-21-25(22(37)12-29)24(16-6-9-19(30)20(31)10-16)18(13-32)26(33)36(21)27-34-35-28(41-27)40-14-23(38)15-4-7-17(39-3)8-5-15/h4-10,24H,11-12,14,33H2,1-3H3. The molecule has 0 spiro atoms. The zero-order chi connectivity index (χ0) is 29.5. The summed E-state index contributed by atoms with van der Waals surface area (Å²) in [6.45, 7) is 4.04. The molecule has 1 aliphatic heterocycles. The first-order chi connectivity index (χ1) is 19.5. The van der Waals surface area contributed by atoms with Crippen LogP contribution in [-0.2, 0) is 4.79 Å². The number of Topliss-reactive ketones (excluding diaryl/α,β-unsaturated/α-hetero) is 2. The maximum atomic E-state index is 13.7. The largest absolute Gasteiger partial charge is 0.497 e. The lowest BCUT2D eigenvalue weighted by Crippen LogP contribution is -2.42. The van der Waals surface area contributed by atoms with Gasteiger partial charge in [-0.2, -0.15) is 5.26 Å². The SMILES string of the molecule is COc1ccc(C(=O)CSc2nnc(N3C(N)=C(C#N)C(c4ccc(Cl)c(Cl)c4)C4=C3CC(C)(C)CC4=O)s2)cc1. The Morgan fingerprint density at radius 3 is 2.59 bits per heavy atom. The summed E-state index contributed by atoms with van der Waals surface area (Å²) in [4.78, 5) is 28.1. The van der Waals surface area contributed by atoms with Gasteiger partial charge >= 0.3 is 0 Å². The van der Waals surface area contributed by atoms with Gasteiger partial charge in [-0.3, -0.25) is 14.5 Å². The lowest BCUT2D eigenvalue weighted by atomic mass is 9.69. The van der Waals surface area contributed by atoms with E-state index in [1.54, 1.807) is 54.5 Å². The van der Waals surface area contributed by atoms with Crippen molar-refractivity contribution in [2.45, 2.75) is 36.9 Å². The second-order valence-electron chi connectivity index (χ2n) is 10.4. The number of carbonyl (C=O) groups is 2. The molecule has 210 valence electrons. The number of hydrogen-bond donors (Lipinski definition) is 1. The van der Waals surface area contributed by atoms with Gasteiger partial charge < -0.3 is 10.5 Å². The van der Waals surface area contributed by atoms with Crippen LogP contribution < -0.4 is 15.4 Å². The molecule has 1 aromatic heterocycles. The van der Waals surface area contributed by atoms with Crippen LogP contribution in [0.2, 0.25) is 10.0 Å². The Labute approximate surface area is 255 Å². The molecular weight excluding hydrogens is 601 g/mol. The Morgan fingerprint density at radius 2 is 1.93 bits per heavy atom. The van der Waals surface area contributed by atoms with Gasteiger partial charge in [-0.05, 0) is 53.8 Å². The molecule has 2 N–H and O–H groups in total. The van der Waals surface area contributed by atoms with Gasteiger partial charge in [0, 0.05) is 23.3 Å². The number of benzene rings is 2. The molecule has 2 heterocycles. The normalized spacial score (nSPS) is 18.3. The van der Waals surface area contributed by atoms with Crippen molar-refractivity contribution >= 4 is 63.0 Å². The molecule has 2 aromatic carbocycles. The molecule has 2 aliphatic rings. The zero-order valence-corrected chi connectivity index (χ0v) is 25.5. The number of hydrogen-bond acceptors (Lipinski definition) is 10. The molecule has 12 heteroatoms. The van der Waals surface area contributed by atoms with Gasteiger partial charge in [-0.25, -0.2) is 0 Å². The fourth-order valence-electron chi connectivity index (χ4n) is 5.09. The van der Waals surface area contributed by atoms with Crippen molar-refractivity contribution in [2.75, 3.05) is 17.8 Å². The molecule has 0 radical (unpaired) electrons. The molecule has 41 heavy (non-hydrogen) atoms. The highest BCUT2D eigenvalue weighted by Crippen LogP contribution is 2.51. The van der Waals surface area contributed by atoms with Gasteiger partial charge in [-0.15, -0.1) is 10.2 Å². The first-order valence-corrected chi connectivity index (χ1v) is 15.1. The monoisotopic (exact) mass is 625 g/mol. The Kier molecular flexibility index (Phi) is 8.17. The number of nitrogens with two attached hydrogens (primary N) is 1. The third kappa shape index (κ3) is 5.72. The van der Waals surface area contributed by atoms with E-state index in [1.807, 2.05) is 13.8 Å². The highest BCUT2D eigenvalue weighted by Gasteiger charge is 2.45. The highest BCUT2D eigenvalue weighted by molar-refractivity contribution is 8.01. The van der Waals surface area contributed by atoms with Gasteiger partial charge in [0.15, 0.2) is 15.9 Å². The predicted octanol–water partition coefficient (Wildman–Crippen LogP) is 6.77. The number of nitriles is 1. The van der Waals surface area contributed by atoms with Crippen LogP contribution in [0.4, 0.5) is 5.13 Å². The molecule has 0 saturated heterocycles. The minimum absolute atomic E-state index is 0.0624. The second-order valence-corrected chi connectivity index (χ2v) is 13.4. The van der Waals surface area contributed by atoms with Gasteiger partial charge in [0.2, 0.25) is 5.13 Å². The Bertz CT molecular complexity index is 1660. The minimum atomic E-state index is -0.687. The number of thioether (sulfide) groups is 1. The van der Waals surface area contributed by atoms with Gasteiger partial charge in [0.05, 0.1) is 40.5 Å². The number of allylic oxidation sites excluding steroid dienone is 3. The fraction of sp³-hybridized carbons (Fsp3) is 0.276. The molecule has 0 bridgehead atoms. The maximum Gasteiger partial charge on any atom is 0.219 e. The van der Waals surface area contributed by atoms with Crippen LogP contribution in [-0.4, -0.2) is 34.6 Å². The third-order valence-corrected chi connectivity index (χ3v) is 9.76. The third-order valence-electron chi connectivity index (χ3n) is 6.98. The first-order valence-electron chi connectivity index (χ1n) is 12.6. The number of rotatable bonds is 7. The quantitative estimate of drug-likeness (QED) is 0.224. The molecule has 0 fully saturated rings. The van der Waals surface area contributed by atoms with Crippen molar-refractivity contribution in [1.29, 1.82) is 5.26 Å². The lowest BCUT2D eigenvalue weighted by molar-refractivity contribution is -0.118. The van der Waals surface area contributed by atoms with Crippen LogP contribution in [0.25, 0.3) is 0 Å². The van der Waals surface area contributed by atoms with Crippen LogP contribution in [0.1, 0.15) is 48.5 Å². The number of nitrogens with zero attached hydrogens (tertiary/aromatic N) is 4. The smallest absolute Gasteiger partial charge is 0.219 e. The zero-order valence-electron chi connectivity index (χ0n) is 22.4. The summed E-state index contributed by atoms with van der Waals surface area (Å²) in [7, 11) is 1.57. The van der Waals surface area contributed by atoms with Crippen molar-refractivity contribution < 1.29 is 14.3 Å². The molecule has 0 saturated carbocycles. The van der Waals surface area contributed by atoms with E-state index in [4.69, 9.17) is 33.7 Å². The highest BCUT2D eigenvalue weighted by atomic mass is 35.5. The second kappa shape index (κ2) is 11.5. The van der Waals surface area contributed by atoms with Crippen molar-refractivity contribution in [3.8, 4) is 11.8 Å². The summed E-state index contributed by atoms with van der Waals surface area (Å²) in [5, 5.41) is 20.0. The molecule has 3 aromatic rings. The van der Waals surface area contributed by atoms with E-state index >= 15 is 0 Å². The molecular formula is C29H25Cl2N5O3S2. The van der Waals surface area contributed by atoms with Crippen molar-refractivity contribution in [2.24, 2.45) is 11.1 Å². The van der Waals surface area contributed by atoms with Crippen molar-refractivity contribution in [1.82, 2.24) is 10.2 Å². The van der Waals surface area contributed by atoms with Gasteiger partial charge in [0.25, 0.3) is 0 Å². The van der Waals surface area contributed by atoms with E-state index in [0.29, 0.717) is 60.5 Å². The minimum Gasteiger partial charge on any atom is -0.497 e. The molecule has 0 amide bonds. The molecule has 1 aliphatic carbocycles. The van der Waals surface area contributed by atoms with E-state index in [0.717, 1.165) is 0 Å². The first kappa shape index (κ1) is 29.1. The number of aromatic nitrogens is 2. The van der Waals surface area contributed by atoms with Crippen molar-refractivity contribution in [3.63, 3.8) is 0 Å². The summed E-state index contributed by atoms with van der Waals surface area (Å²) in [5.41, 5.74) is 8.95. The summed E-state index contributed by atoms with van der Waals surface area (Å²) in [6.07, 6.45) is 0.851.